The molecule has 0 amide bonds. The van der Waals surface area contributed by atoms with Gasteiger partial charge in [-0.25, -0.2) is 9.98 Å². The van der Waals surface area contributed by atoms with Gasteiger partial charge in [-0.15, -0.1) is 0 Å². The maximum Gasteiger partial charge on any atom is 0.226 e. The van der Waals surface area contributed by atoms with E-state index in [4.69, 9.17) is 14.9 Å². The molecule has 0 spiro atoms. The van der Waals surface area contributed by atoms with E-state index in [2.05, 4.69) is 27.1 Å². The fourth-order valence-electron chi connectivity index (χ4n) is 2.77. The number of ether oxygens (including phenoxy) is 1. The molecule has 1 aromatic heterocycles. The predicted molar refractivity (Wildman–Crippen MR) is 102 cm³/mol. The number of nitrogens with two attached hydrogens (primary N) is 1. The van der Waals surface area contributed by atoms with Crippen molar-refractivity contribution < 1.29 is 9.15 Å². The summed E-state index contributed by atoms with van der Waals surface area (Å²) in [6, 6.07) is 8.07. The lowest BCUT2D eigenvalue weighted by Gasteiger charge is -2.26. The maximum absolute atomic E-state index is 5.92. The fourth-order valence-corrected chi connectivity index (χ4v) is 2.77. The van der Waals surface area contributed by atoms with Crippen LogP contribution >= 0.6 is 0 Å². The number of nitrogens with zero attached hydrogens (tertiary/aromatic N) is 3. The number of benzene rings is 1. The molecular formula is C19H27N5O2. The van der Waals surface area contributed by atoms with E-state index in [1.165, 1.54) is 5.56 Å². The molecule has 1 saturated heterocycles. The lowest BCUT2D eigenvalue weighted by atomic mass is 10.1. The number of morpholine rings is 1. The number of aryl methyl sites for hydroxylation is 1. The third kappa shape index (κ3) is 5.57. The van der Waals surface area contributed by atoms with Gasteiger partial charge in [-0.2, -0.15) is 0 Å². The predicted octanol–water partition coefficient (Wildman–Crippen LogP) is 1.78. The minimum Gasteiger partial charge on any atom is -0.444 e. The molecule has 0 saturated carbocycles. The Morgan fingerprint density at radius 1 is 1.27 bits per heavy atom. The van der Waals surface area contributed by atoms with Crippen molar-refractivity contribution in [3.05, 3.63) is 41.8 Å². The summed E-state index contributed by atoms with van der Waals surface area (Å²) in [4.78, 5) is 11.2. The van der Waals surface area contributed by atoms with Gasteiger partial charge in [0, 0.05) is 25.2 Å². The van der Waals surface area contributed by atoms with Crippen LogP contribution in [0.2, 0.25) is 0 Å². The van der Waals surface area contributed by atoms with Crippen molar-refractivity contribution in [2.24, 2.45) is 10.7 Å². The van der Waals surface area contributed by atoms with Gasteiger partial charge in [-0.05, 0) is 32.0 Å². The van der Waals surface area contributed by atoms with E-state index in [9.17, 15) is 0 Å². The molecule has 3 N–H and O–H groups in total. The van der Waals surface area contributed by atoms with Crippen LogP contribution in [0, 0.1) is 6.92 Å². The summed E-state index contributed by atoms with van der Waals surface area (Å²) in [7, 11) is 0. The normalized spacial score (nSPS) is 16.0. The average molecular weight is 357 g/mol. The number of aromatic nitrogens is 1. The number of nitrogens with one attached hydrogen (secondary N) is 1. The zero-order chi connectivity index (χ0) is 18.2. The molecule has 1 aliphatic rings. The molecular weight excluding hydrogens is 330 g/mol. The van der Waals surface area contributed by atoms with Crippen molar-refractivity contribution in [3.8, 4) is 11.5 Å². The molecule has 0 bridgehead atoms. The van der Waals surface area contributed by atoms with Crippen molar-refractivity contribution in [2.45, 2.75) is 19.9 Å². The number of hydrogen-bond donors (Lipinski definition) is 2. The Kier molecular flexibility index (Phi) is 6.62. The van der Waals surface area contributed by atoms with E-state index >= 15 is 0 Å². The summed E-state index contributed by atoms with van der Waals surface area (Å²) < 4.78 is 10.9. The zero-order valence-electron chi connectivity index (χ0n) is 15.3. The van der Waals surface area contributed by atoms with Gasteiger partial charge >= 0.3 is 0 Å². The molecule has 140 valence electrons. The number of rotatable bonds is 7. The summed E-state index contributed by atoms with van der Waals surface area (Å²) in [6.45, 7) is 8.00. The van der Waals surface area contributed by atoms with Crippen LogP contribution in [0.4, 0.5) is 0 Å². The molecule has 7 heteroatoms. The minimum atomic E-state index is 0.400. The van der Waals surface area contributed by atoms with Crippen LogP contribution in [-0.2, 0) is 11.3 Å². The molecule has 0 aliphatic carbocycles. The van der Waals surface area contributed by atoms with Crippen LogP contribution in [0.25, 0.3) is 11.5 Å². The Morgan fingerprint density at radius 3 is 2.81 bits per heavy atom. The van der Waals surface area contributed by atoms with Crippen LogP contribution in [-0.4, -0.2) is 55.2 Å². The second-order valence-electron chi connectivity index (χ2n) is 6.45. The van der Waals surface area contributed by atoms with Crippen LogP contribution in [0.1, 0.15) is 17.7 Å². The minimum absolute atomic E-state index is 0.400. The standard InChI is InChI=1S/C19H27N5O2/c1-15-3-5-16(6-4-15)18-23-17(14-26-18)13-22-19(20)21-7-2-8-24-9-11-25-12-10-24/h3-6,14H,2,7-13H2,1H3,(H3,20,21,22). The Balaban J connectivity index is 1.40. The molecule has 3 rings (SSSR count). The van der Waals surface area contributed by atoms with Crippen LogP contribution in [0.15, 0.2) is 39.9 Å². The maximum atomic E-state index is 5.92. The summed E-state index contributed by atoms with van der Waals surface area (Å²) >= 11 is 0. The van der Waals surface area contributed by atoms with E-state index in [-0.39, 0.29) is 0 Å². The highest BCUT2D eigenvalue weighted by molar-refractivity contribution is 5.77. The Bertz CT molecular complexity index is 705. The summed E-state index contributed by atoms with van der Waals surface area (Å²) in [5.41, 5.74) is 8.85. The van der Waals surface area contributed by atoms with Gasteiger partial charge in [-0.3, -0.25) is 4.90 Å². The molecule has 0 unspecified atom stereocenters. The van der Waals surface area contributed by atoms with Crippen LogP contribution < -0.4 is 11.1 Å². The summed E-state index contributed by atoms with van der Waals surface area (Å²) in [5.74, 6) is 1.04. The molecule has 1 aromatic carbocycles. The Morgan fingerprint density at radius 2 is 2.04 bits per heavy atom. The van der Waals surface area contributed by atoms with Crippen LogP contribution in [0.3, 0.4) is 0 Å². The van der Waals surface area contributed by atoms with E-state index in [0.29, 0.717) is 18.4 Å². The average Bonchev–Trinajstić information content (AvgIpc) is 3.14. The molecule has 1 fully saturated rings. The van der Waals surface area contributed by atoms with Crippen molar-refractivity contribution in [1.82, 2.24) is 15.2 Å². The Hall–Kier alpha value is -2.38. The molecule has 0 radical (unpaired) electrons. The zero-order valence-corrected chi connectivity index (χ0v) is 15.3. The van der Waals surface area contributed by atoms with Crippen molar-refractivity contribution in [1.29, 1.82) is 0 Å². The highest BCUT2D eigenvalue weighted by Crippen LogP contribution is 2.19. The van der Waals surface area contributed by atoms with Gasteiger partial charge in [-0.1, -0.05) is 17.7 Å². The first-order chi connectivity index (χ1) is 12.7. The van der Waals surface area contributed by atoms with E-state index in [1.807, 2.05) is 24.3 Å². The lowest BCUT2D eigenvalue weighted by molar-refractivity contribution is 0.0376. The van der Waals surface area contributed by atoms with Crippen molar-refractivity contribution in [3.63, 3.8) is 0 Å². The SMILES string of the molecule is Cc1ccc(-c2nc(CN=C(N)NCCCN3CCOCC3)co2)cc1. The van der Waals surface area contributed by atoms with Gasteiger partial charge in [0.15, 0.2) is 5.96 Å². The third-order valence-electron chi connectivity index (χ3n) is 4.32. The molecule has 2 heterocycles. The first kappa shape index (κ1) is 18.4. The molecule has 26 heavy (non-hydrogen) atoms. The van der Waals surface area contributed by atoms with Gasteiger partial charge in [0.25, 0.3) is 0 Å². The first-order valence-corrected chi connectivity index (χ1v) is 9.06. The summed E-state index contributed by atoms with van der Waals surface area (Å²) in [6.07, 6.45) is 2.65. The fraction of sp³-hybridized carbons (Fsp3) is 0.474. The van der Waals surface area contributed by atoms with Gasteiger partial charge in [0.05, 0.1) is 19.8 Å². The second-order valence-corrected chi connectivity index (χ2v) is 6.45. The second kappa shape index (κ2) is 9.35. The monoisotopic (exact) mass is 357 g/mol. The quantitative estimate of drug-likeness (QED) is 0.446. The first-order valence-electron chi connectivity index (χ1n) is 9.06. The number of oxazole rings is 1. The molecule has 0 atom stereocenters. The van der Waals surface area contributed by atoms with E-state index < -0.39 is 0 Å². The van der Waals surface area contributed by atoms with Crippen LogP contribution in [0.5, 0.6) is 0 Å². The van der Waals surface area contributed by atoms with E-state index in [0.717, 1.165) is 57.1 Å². The van der Waals surface area contributed by atoms with Gasteiger partial charge in [0.1, 0.15) is 12.0 Å². The Labute approximate surface area is 154 Å². The van der Waals surface area contributed by atoms with Crippen molar-refractivity contribution >= 4 is 5.96 Å². The number of guanidine groups is 1. The smallest absolute Gasteiger partial charge is 0.226 e. The van der Waals surface area contributed by atoms with E-state index in [1.54, 1.807) is 6.26 Å². The third-order valence-corrected chi connectivity index (χ3v) is 4.32. The molecule has 7 nitrogen and oxygen atoms in total. The molecule has 1 aliphatic heterocycles. The topological polar surface area (TPSA) is 88.9 Å². The largest absolute Gasteiger partial charge is 0.444 e. The number of hydrogen-bond acceptors (Lipinski definition) is 5. The highest BCUT2D eigenvalue weighted by atomic mass is 16.5. The lowest BCUT2D eigenvalue weighted by Crippen LogP contribution is -2.39. The van der Waals surface area contributed by atoms with Crippen molar-refractivity contribution in [2.75, 3.05) is 39.4 Å². The highest BCUT2D eigenvalue weighted by Gasteiger charge is 2.09. The summed E-state index contributed by atoms with van der Waals surface area (Å²) in [5, 5.41) is 3.15. The van der Waals surface area contributed by atoms with Gasteiger partial charge < -0.3 is 20.2 Å². The number of aliphatic imine (C=N–C) groups is 1. The van der Waals surface area contributed by atoms with Gasteiger partial charge in [0.2, 0.25) is 5.89 Å². The molecule has 2 aromatic rings.